The zero-order chi connectivity index (χ0) is 19.6. The van der Waals surface area contributed by atoms with Gasteiger partial charge in [0.25, 0.3) is 5.91 Å². The number of halogens is 1. The molecule has 1 fully saturated rings. The van der Waals surface area contributed by atoms with E-state index < -0.39 is 6.10 Å². The Morgan fingerprint density at radius 2 is 1.67 bits per heavy atom. The van der Waals surface area contributed by atoms with Gasteiger partial charge in [0.15, 0.2) is 6.10 Å². The van der Waals surface area contributed by atoms with Crippen molar-refractivity contribution >= 4 is 21.8 Å². The zero-order valence-corrected chi connectivity index (χ0v) is 18.0. The predicted octanol–water partition coefficient (Wildman–Crippen LogP) is 5.58. The third-order valence-electron chi connectivity index (χ3n) is 5.61. The van der Waals surface area contributed by atoms with Crippen LogP contribution in [0.2, 0.25) is 0 Å². The SMILES string of the molecule is CC(Oc1ccccc1C(C)C)C(=O)NC(C)C1(c2ccc(Br)cc2)CC1. The molecular formula is C23H28BrNO2. The first-order valence-corrected chi connectivity index (χ1v) is 10.4. The van der Waals surface area contributed by atoms with Crippen LogP contribution in [0.1, 0.15) is 57.6 Å². The first kappa shape index (κ1) is 19.9. The Hall–Kier alpha value is -1.81. The molecule has 2 atom stereocenters. The molecule has 3 nitrogen and oxygen atoms in total. The third kappa shape index (κ3) is 4.37. The third-order valence-corrected chi connectivity index (χ3v) is 6.14. The minimum absolute atomic E-state index is 0.0475. The maximum Gasteiger partial charge on any atom is 0.261 e. The van der Waals surface area contributed by atoms with Gasteiger partial charge < -0.3 is 10.1 Å². The van der Waals surface area contributed by atoms with E-state index in [2.05, 4.69) is 72.3 Å². The van der Waals surface area contributed by atoms with Crippen LogP contribution >= 0.6 is 15.9 Å². The van der Waals surface area contributed by atoms with Gasteiger partial charge in [-0.3, -0.25) is 4.79 Å². The lowest BCUT2D eigenvalue weighted by Crippen LogP contribution is -2.46. The number of hydrogen-bond donors (Lipinski definition) is 1. The molecule has 3 rings (SSSR count). The van der Waals surface area contributed by atoms with Gasteiger partial charge in [0, 0.05) is 15.9 Å². The van der Waals surface area contributed by atoms with Crippen LogP contribution in [0, 0.1) is 0 Å². The number of carbonyl (C=O) groups is 1. The van der Waals surface area contributed by atoms with Crippen LogP contribution < -0.4 is 10.1 Å². The Bertz CT molecular complexity index is 796. The Morgan fingerprint density at radius 3 is 2.26 bits per heavy atom. The number of carbonyl (C=O) groups excluding carboxylic acids is 1. The fraction of sp³-hybridized carbons (Fsp3) is 0.435. The topological polar surface area (TPSA) is 38.3 Å². The van der Waals surface area contributed by atoms with Gasteiger partial charge >= 0.3 is 0 Å². The van der Waals surface area contributed by atoms with Crippen LogP contribution in [-0.4, -0.2) is 18.1 Å². The lowest BCUT2D eigenvalue weighted by atomic mass is 9.89. The monoisotopic (exact) mass is 429 g/mol. The molecule has 144 valence electrons. The van der Waals surface area contributed by atoms with Crippen molar-refractivity contribution in [3.8, 4) is 5.75 Å². The summed E-state index contributed by atoms with van der Waals surface area (Å²) in [6.07, 6.45) is 1.66. The van der Waals surface area contributed by atoms with E-state index in [-0.39, 0.29) is 17.4 Å². The van der Waals surface area contributed by atoms with Gasteiger partial charge in [0.05, 0.1) is 0 Å². The highest BCUT2D eigenvalue weighted by molar-refractivity contribution is 9.10. The molecule has 2 aromatic rings. The average Bonchev–Trinajstić information content (AvgIpc) is 3.44. The number of nitrogens with one attached hydrogen (secondary N) is 1. The van der Waals surface area contributed by atoms with Crippen molar-refractivity contribution in [3.05, 3.63) is 64.1 Å². The highest BCUT2D eigenvalue weighted by Gasteiger charge is 2.49. The molecule has 0 radical (unpaired) electrons. The number of amides is 1. The van der Waals surface area contributed by atoms with Crippen LogP contribution in [0.4, 0.5) is 0 Å². The summed E-state index contributed by atoms with van der Waals surface area (Å²) in [5.74, 6) is 1.07. The molecule has 1 N–H and O–H groups in total. The second-order valence-corrected chi connectivity index (χ2v) is 8.76. The highest BCUT2D eigenvalue weighted by Crippen LogP contribution is 2.51. The maximum absolute atomic E-state index is 12.8. The van der Waals surface area contributed by atoms with E-state index in [1.54, 1.807) is 0 Å². The van der Waals surface area contributed by atoms with Crippen LogP contribution in [0.3, 0.4) is 0 Å². The van der Waals surface area contributed by atoms with Gasteiger partial charge in [-0.2, -0.15) is 0 Å². The molecule has 1 saturated carbocycles. The molecule has 2 unspecified atom stereocenters. The van der Waals surface area contributed by atoms with E-state index >= 15 is 0 Å². The first-order chi connectivity index (χ1) is 12.8. The number of benzene rings is 2. The lowest BCUT2D eigenvalue weighted by molar-refractivity contribution is -0.128. The summed E-state index contributed by atoms with van der Waals surface area (Å²) in [7, 11) is 0. The predicted molar refractivity (Wildman–Crippen MR) is 113 cm³/mol. The lowest BCUT2D eigenvalue weighted by Gasteiger charge is -2.27. The smallest absolute Gasteiger partial charge is 0.261 e. The largest absolute Gasteiger partial charge is 0.481 e. The molecule has 1 amide bonds. The van der Waals surface area contributed by atoms with Crippen molar-refractivity contribution in [2.45, 2.75) is 64.0 Å². The Labute approximate surface area is 170 Å². The van der Waals surface area contributed by atoms with Crippen molar-refractivity contribution < 1.29 is 9.53 Å². The van der Waals surface area contributed by atoms with E-state index in [4.69, 9.17) is 4.74 Å². The molecule has 0 saturated heterocycles. The van der Waals surface area contributed by atoms with Crippen LogP contribution in [0.25, 0.3) is 0 Å². The molecule has 0 heterocycles. The molecule has 0 spiro atoms. The van der Waals surface area contributed by atoms with Crippen molar-refractivity contribution in [2.75, 3.05) is 0 Å². The summed E-state index contributed by atoms with van der Waals surface area (Å²) in [6, 6.07) is 16.4. The van der Waals surface area contributed by atoms with Crippen molar-refractivity contribution in [2.24, 2.45) is 0 Å². The number of ether oxygens (including phenoxy) is 1. The molecule has 0 aromatic heterocycles. The average molecular weight is 430 g/mol. The van der Waals surface area contributed by atoms with Crippen molar-refractivity contribution in [1.29, 1.82) is 0 Å². The van der Waals surface area contributed by atoms with E-state index in [0.717, 1.165) is 28.6 Å². The second-order valence-electron chi connectivity index (χ2n) is 7.85. The van der Waals surface area contributed by atoms with E-state index in [9.17, 15) is 4.79 Å². The summed E-state index contributed by atoms with van der Waals surface area (Å²) in [5.41, 5.74) is 2.46. The summed E-state index contributed by atoms with van der Waals surface area (Å²) >= 11 is 3.49. The maximum atomic E-state index is 12.8. The normalized spacial score (nSPS) is 17.3. The first-order valence-electron chi connectivity index (χ1n) is 9.65. The fourth-order valence-corrected chi connectivity index (χ4v) is 3.93. The van der Waals surface area contributed by atoms with E-state index in [0.29, 0.717) is 5.92 Å². The van der Waals surface area contributed by atoms with Crippen molar-refractivity contribution in [3.63, 3.8) is 0 Å². The summed E-state index contributed by atoms with van der Waals surface area (Å²) in [5, 5.41) is 3.19. The van der Waals surface area contributed by atoms with Gasteiger partial charge in [-0.15, -0.1) is 0 Å². The highest BCUT2D eigenvalue weighted by atomic mass is 79.9. The van der Waals surface area contributed by atoms with Gasteiger partial charge in [-0.1, -0.05) is 60.1 Å². The van der Waals surface area contributed by atoms with Crippen LogP contribution in [0.15, 0.2) is 53.0 Å². The molecule has 1 aliphatic carbocycles. The van der Waals surface area contributed by atoms with Crippen LogP contribution in [-0.2, 0) is 10.2 Å². The number of rotatable bonds is 7. The summed E-state index contributed by atoms with van der Waals surface area (Å²) in [6.45, 7) is 8.17. The van der Waals surface area contributed by atoms with Crippen molar-refractivity contribution in [1.82, 2.24) is 5.32 Å². The minimum atomic E-state index is -0.534. The summed E-state index contributed by atoms with van der Waals surface area (Å²) < 4.78 is 7.08. The van der Waals surface area contributed by atoms with Gasteiger partial charge in [-0.05, 0) is 61.9 Å². The molecular weight excluding hydrogens is 402 g/mol. The zero-order valence-electron chi connectivity index (χ0n) is 16.5. The molecule has 0 aliphatic heterocycles. The van der Waals surface area contributed by atoms with E-state index in [1.807, 2.05) is 25.1 Å². The number of hydrogen-bond acceptors (Lipinski definition) is 2. The number of para-hydroxylation sites is 1. The minimum Gasteiger partial charge on any atom is -0.481 e. The molecule has 4 heteroatoms. The van der Waals surface area contributed by atoms with Gasteiger partial charge in [0.1, 0.15) is 5.75 Å². The Morgan fingerprint density at radius 1 is 1.04 bits per heavy atom. The second kappa shape index (κ2) is 8.05. The summed E-state index contributed by atoms with van der Waals surface area (Å²) in [4.78, 5) is 12.8. The fourth-order valence-electron chi connectivity index (χ4n) is 3.67. The molecule has 27 heavy (non-hydrogen) atoms. The molecule has 1 aliphatic rings. The van der Waals surface area contributed by atoms with Gasteiger partial charge in [0.2, 0.25) is 0 Å². The molecule has 0 bridgehead atoms. The van der Waals surface area contributed by atoms with E-state index in [1.165, 1.54) is 5.56 Å². The van der Waals surface area contributed by atoms with Gasteiger partial charge in [-0.25, -0.2) is 0 Å². The quantitative estimate of drug-likeness (QED) is 0.623. The molecule has 2 aromatic carbocycles. The van der Waals surface area contributed by atoms with Crippen LogP contribution in [0.5, 0.6) is 5.75 Å². The standard InChI is InChI=1S/C23H28BrNO2/c1-15(2)20-7-5-6-8-21(20)27-16(3)22(26)25-17(4)23(13-14-23)18-9-11-19(24)12-10-18/h5-12,15-17H,13-14H2,1-4H3,(H,25,26). The Balaban J connectivity index is 1.65. The Kier molecular flexibility index (Phi) is 5.95.